The molecule has 0 amide bonds. The number of hydrogen-bond acceptors (Lipinski definition) is 2. The van der Waals surface area contributed by atoms with Gasteiger partial charge in [0.1, 0.15) is 0 Å². The highest BCUT2D eigenvalue weighted by atomic mass is 14.5. The second-order valence-corrected chi connectivity index (χ2v) is 4.08. The van der Waals surface area contributed by atoms with Crippen LogP contribution >= 0.6 is 0 Å². The Kier molecular flexibility index (Phi) is 6.62. The van der Waals surface area contributed by atoms with Gasteiger partial charge >= 0.3 is 0 Å². The van der Waals surface area contributed by atoms with Crippen LogP contribution in [0.4, 0.5) is 0 Å². The van der Waals surface area contributed by atoms with Gasteiger partial charge in [0.05, 0.1) is 12.0 Å². The molecule has 0 saturated heterocycles. The maximum Gasteiger partial charge on any atom is 0.0659 e. The Morgan fingerprint density at radius 3 is 2.38 bits per heavy atom. The first kappa shape index (κ1) is 12.4. The van der Waals surface area contributed by atoms with Crippen molar-refractivity contribution in [2.75, 3.05) is 6.54 Å². The molecule has 0 aliphatic carbocycles. The first-order valence-corrected chi connectivity index (χ1v) is 5.25. The molecule has 2 heteroatoms. The fourth-order valence-corrected chi connectivity index (χ4v) is 1.62. The highest BCUT2D eigenvalue weighted by Gasteiger charge is 2.17. The van der Waals surface area contributed by atoms with Gasteiger partial charge < -0.3 is 5.73 Å². The van der Waals surface area contributed by atoms with E-state index in [0.29, 0.717) is 18.4 Å². The molecule has 0 saturated carbocycles. The highest BCUT2D eigenvalue weighted by molar-refractivity contribution is 4.87. The van der Waals surface area contributed by atoms with Gasteiger partial charge in [-0.05, 0) is 24.8 Å². The van der Waals surface area contributed by atoms with Crippen molar-refractivity contribution >= 4 is 0 Å². The standard InChI is InChI=1S/C11H22N2/c1-4-5-9(2)6-11(8-13)10(3)7-12/h9-11H,4-7,12H2,1-3H3. The molecule has 0 spiro atoms. The van der Waals surface area contributed by atoms with Crippen LogP contribution in [0.1, 0.15) is 40.0 Å². The Balaban J connectivity index is 3.91. The molecular formula is C11H22N2. The molecule has 0 aromatic heterocycles. The van der Waals surface area contributed by atoms with Gasteiger partial charge in [-0.1, -0.05) is 33.6 Å². The lowest BCUT2D eigenvalue weighted by molar-refractivity contribution is 0.346. The van der Waals surface area contributed by atoms with Crippen LogP contribution in [-0.4, -0.2) is 6.54 Å². The summed E-state index contributed by atoms with van der Waals surface area (Å²) in [6.45, 7) is 7.09. The summed E-state index contributed by atoms with van der Waals surface area (Å²) in [4.78, 5) is 0. The van der Waals surface area contributed by atoms with E-state index in [1.165, 1.54) is 12.8 Å². The summed E-state index contributed by atoms with van der Waals surface area (Å²) in [5.74, 6) is 1.14. The Morgan fingerprint density at radius 1 is 1.38 bits per heavy atom. The number of rotatable bonds is 6. The zero-order chi connectivity index (χ0) is 10.3. The number of nitrogens with two attached hydrogens (primary N) is 1. The summed E-state index contributed by atoms with van der Waals surface area (Å²) in [6, 6.07) is 2.36. The summed E-state index contributed by atoms with van der Waals surface area (Å²) < 4.78 is 0. The van der Waals surface area contributed by atoms with Crippen LogP contribution in [0.25, 0.3) is 0 Å². The molecule has 0 rings (SSSR count). The van der Waals surface area contributed by atoms with Crippen molar-refractivity contribution in [3.05, 3.63) is 0 Å². The summed E-state index contributed by atoms with van der Waals surface area (Å²) in [7, 11) is 0. The van der Waals surface area contributed by atoms with E-state index in [4.69, 9.17) is 11.0 Å². The van der Waals surface area contributed by atoms with Crippen LogP contribution < -0.4 is 5.73 Å². The lowest BCUT2D eigenvalue weighted by Gasteiger charge is -2.19. The fraction of sp³-hybridized carbons (Fsp3) is 0.909. The minimum atomic E-state index is 0.145. The molecule has 0 aromatic carbocycles. The van der Waals surface area contributed by atoms with E-state index in [1.807, 2.05) is 0 Å². The molecule has 0 fully saturated rings. The zero-order valence-corrected chi connectivity index (χ0v) is 9.09. The molecule has 2 nitrogen and oxygen atoms in total. The van der Waals surface area contributed by atoms with Gasteiger partial charge in [-0.2, -0.15) is 5.26 Å². The summed E-state index contributed by atoms with van der Waals surface area (Å²) >= 11 is 0. The second kappa shape index (κ2) is 6.91. The number of nitrogens with zero attached hydrogens (tertiary/aromatic N) is 1. The van der Waals surface area contributed by atoms with Crippen LogP contribution in [0.15, 0.2) is 0 Å². The van der Waals surface area contributed by atoms with Crippen LogP contribution in [0.3, 0.4) is 0 Å². The van der Waals surface area contributed by atoms with Gasteiger partial charge in [-0.15, -0.1) is 0 Å². The molecule has 76 valence electrons. The molecular weight excluding hydrogens is 160 g/mol. The number of nitriles is 1. The third-order valence-electron chi connectivity index (χ3n) is 2.66. The molecule has 3 unspecified atom stereocenters. The first-order chi connectivity index (χ1) is 6.15. The first-order valence-electron chi connectivity index (χ1n) is 5.25. The minimum Gasteiger partial charge on any atom is -0.330 e. The van der Waals surface area contributed by atoms with Gasteiger partial charge in [0, 0.05) is 0 Å². The van der Waals surface area contributed by atoms with Crippen LogP contribution in [0, 0.1) is 29.1 Å². The summed E-state index contributed by atoms with van der Waals surface area (Å²) in [5.41, 5.74) is 5.55. The fourth-order valence-electron chi connectivity index (χ4n) is 1.62. The Labute approximate surface area is 82.1 Å². The highest BCUT2D eigenvalue weighted by Crippen LogP contribution is 2.21. The summed E-state index contributed by atoms with van der Waals surface area (Å²) in [5, 5.41) is 8.94. The quantitative estimate of drug-likeness (QED) is 0.686. The molecule has 0 aromatic rings. The predicted molar refractivity (Wildman–Crippen MR) is 56.0 cm³/mol. The average molecular weight is 182 g/mol. The molecule has 2 N–H and O–H groups in total. The molecule has 0 radical (unpaired) electrons. The van der Waals surface area contributed by atoms with E-state index in [9.17, 15) is 0 Å². The molecule has 0 bridgehead atoms. The van der Waals surface area contributed by atoms with Gasteiger partial charge in [-0.3, -0.25) is 0 Å². The van der Waals surface area contributed by atoms with E-state index < -0.39 is 0 Å². The van der Waals surface area contributed by atoms with E-state index in [0.717, 1.165) is 6.42 Å². The third kappa shape index (κ3) is 4.90. The van der Waals surface area contributed by atoms with Crippen molar-refractivity contribution in [3.8, 4) is 6.07 Å². The Hall–Kier alpha value is -0.550. The van der Waals surface area contributed by atoms with Crippen LogP contribution in [0.5, 0.6) is 0 Å². The lowest BCUT2D eigenvalue weighted by atomic mass is 9.85. The van der Waals surface area contributed by atoms with Crippen molar-refractivity contribution in [2.45, 2.75) is 40.0 Å². The zero-order valence-electron chi connectivity index (χ0n) is 9.09. The third-order valence-corrected chi connectivity index (χ3v) is 2.66. The van der Waals surface area contributed by atoms with Crippen LogP contribution in [-0.2, 0) is 0 Å². The normalized spacial score (nSPS) is 17.5. The van der Waals surface area contributed by atoms with Gasteiger partial charge in [-0.25, -0.2) is 0 Å². The maximum absolute atomic E-state index is 8.94. The Bertz CT molecular complexity index is 160. The van der Waals surface area contributed by atoms with Crippen LogP contribution in [0.2, 0.25) is 0 Å². The monoisotopic (exact) mass is 182 g/mol. The van der Waals surface area contributed by atoms with Gasteiger partial charge in [0.15, 0.2) is 0 Å². The van der Waals surface area contributed by atoms with E-state index >= 15 is 0 Å². The number of hydrogen-bond donors (Lipinski definition) is 1. The van der Waals surface area contributed by atoms with Crippen molar-refractivity contribution < 1.29 is 0 Å². The minimum absolute atomic E-state index is 0.145. The SMILES string of the molecule is CCCC(C)CC(C#N)C(C)CN. The lowest BCUT2D eigenvalue weighted by Crippen LogP contribution is -2.21. The van der Waals surface area contributed by atoms with Crippen molar-refractivity contribution in [1.82, 2.24) is 0 Å². The molecule has 3 atom stereocenters. The van der Waals surface area contributed by atoms with Gasteiger partial charge in [0.25, 0.3) is 0 Å². The Morgan fingerprint density at radius 2 is 2.00 bits per heavy atom. The largest absolute Gasteiger partial charge is 0.330 e. The average Bonchev–Trinajstić information content (AvgIpc) is 2.13. The van der Waals surface area contributed by atoms with Crippen molar-refractivity contribution in [3.63, 3.8) is 0 Å². The summed E-state index contributed by atoms with van der Waals surface area (Å²) in [6.07, 6.45) is 3.43. The smallest absolute Gasteiger partial charge is 0.0659 e. The second-order valence-electron chi connectivity index (χ2n) is 4.08. The maximum atomic E-state index is 8.94. The van der Waals surface area contributed by atoms with E-state index in [2.05, 4.69) is 26.8 Å². The van der Waals surface area contributed by atoms with Crippen molar-refractivity contribution in [1.29, 1.82) is 5.26 Å². The molecule has 0 aliphatic heterocycles. The van der Waals surface area contributed by atoms with E-state index in [1.54, 1.807) is 0 Å². The van der Waals surface area contributed by atoms with Crippen molar-refractivity contribution in [2.24, 2.45) is 23.5 Å². The van der Waals surface area contributed by atoms with Gasteiger partial charge in [0.2, 0.25) is 0 Å². The molecule has 0 aliphatic rings. The van der Waals surface area contributed by atoms with E-state index in [-0.39, 0.29) is 5.92 Å². The molecule has 0 heterocycles. The molecule has 13 heavy (non-hydrogen) atoms. The topological polar surface area (TPSA) is 49.8 Å². The predicted octanol–water partition coefficient (Wildman–Crippen LogP) is 2.55.